The molecule has 8 heteroatoms. The van der Waals surface area contributed by atoms with Gasteiger partial charge in [-0.3, -0.25) is 14.8 Å². The Kier molecular flexibility index (Phi) is 4.24. The van der Waals surface area contributed by atoms with Crippen LogP contribution in [-0.4, -0.2) is 21.2 Å². The third kappa shape index (κ3) is 3.28. The predicted molar refractivity (Wildman–Crippen MR) is 68.3 cm³/mol. The van der Waals surface area contributed by atoms with Crippen molar-refractivity contribution in [2.45, 2.75) is 13.0 Å². The van der Waals surface area contributed by atoms with Gasteiger partial charge < -0.3 is 5.32 Å². The Morgan fingerprint density at radius 2 is 2.20 bits per heavy atom. The summed E-state index contributed by atoms with van der Waals surface area (Å²) in [6.07, 6.45) is 4.03. The van der Waals surface area contributed by atoms with Crippen molar-refractivity contribution in [3.8, 4) is 0 Å². The van der Waals surface area contributed by atoms with Crippen LogP contribution >= 0.6 is 0 Å². The van der Waals surface area contributed by atoms with Crippen molar-refractivity contribution in [2.75, 3.05) is 11.9 Å². The molecule has 0 atom stereocenters. The van der Waals surface area contributed by atoms with Gasteiger partial charge in [0.15, 0.2) is 0 Å². The summed E-state index contributed by atoms with van der Waals surface area (Å²) >= 11 is 0. The van der Waals surface area contributed by atoms with Crippen molar-refractivity contribution >= 4 is 11.4 Å². The van der Waals surface area contributed by atoms with E-state index in [4.69, 9.17) is 0 Å². The van der Waals surface area contributed by atoms with Gasteiger partial charge in [0.25, 0.3) is 0 Å². The Labute approximate surface area is 113 Å². The van der Waals surface area contributed by atoms with Crippen LogP contribution in [0.2, 0.25) is 0 Å². The molecule has 0 radical (unpaired) electrons. The highest BCUT2D eigenvalue weighted by Crippen LogP contribution is 2.28. The zero-order chi connectivity index (χ0) is 14.5. The lowest BCUT2D eigenvalue weighted by atomic mass is 10.2. The van der Waals surface area contributed by atoms with Crippen LogP contribution in [0.15, 0.2) is 30.6 Å². The fourth-order valence-corrected chi connectivity index (χ4v) is 1.78. The summed E-state index contributed by atoms with van der Waals surface area (Å²) in [7, 11) is 0. The first-order valence-electron chi connectivity index (χ1n) is 5.92. The van der Waals surface area contributed by atoms with E-state index in [1.165, 1.54) is 0 Å². The molecule has 106 valence electrons. The molecule has 0 spiro atoms. The summed E-state index contributed by atoms with van der Waals surface area (Å²) in [5, 5.41) is 17.4. The first kappa shape index (κ1) is 13.9. The molecule has 2 rings (SSSR count). The fourth-order valence-electron chi connectivity index (χ4n) is 1.78. The topological polar surface area (TPSA) is 73.0 Å². The summed E-state index contributed by atoms with van der Waals surface area (Å²) < 4.78 is 28.1. The first-order valence-corrected chi connectivity index (χ1v) is 5.92. The van der Waals surface area contributed by atoms with Crippen LogP contribution in [-0.2, 0) is 6.54 Å². The quantitative estimate of drug-likeness (QED) is 0.502. The molecule has 0 aliphatic heterocycles. The van der Waals surface area contributed by atoms with E-state index in [-0.39, 0.29) is 5.69 Å². The van der Waals surface area contributed by atoms with E-state index < -0.39 is 22.2 Å². The van der Waals surface area contributed by atoms with E-state index in [0.717, 1.165) is 6.07 Å². The lowest BCUT2D eigenvalue weighted by Gasteiger charge is -2.08. The Hall–Kier alpha value is -2.51. The van der Waals surface area contributed by atoms with Gasteiger partial charge in [-0.1, -0.05) is 0 Å². The van der Waals surface area contributed by atoms with Gasteiger partial charge in [0.05, 0.1) is 4.92 Å². The number of nitrogens with zero attached hydrogens (tertiary/aromatic N) is 3. The number of anilines is 1. The number of nitrogens with one attached hydrogen (secondary N) is 1. The Balaban J connectivity index is 1.99. The zero-order valence-corrected chi connectivity index (χ0v) is 10.4. The van der Waals surface area contributed by atoms with Crippen LogP contribution < -0.4 is 5.32 Å². The highest BCUT2D eigenvalue weighted by molar-refractivity contribution is 5.62. The number of hydrogen-bond donors (Lipinski definition) is 1. The molecule has 20 heavy (non-hydrogen) atoms. The number of halogens is 2. The molecule has 0 saturated heterocycles. The predicted octanol–water partition coefficient (Wildman–Crippen LogP) is 2.57. The van der Waals surface area contributed by atoms with Crippen molar-refractivity contribution < 1.29 is 13.7 Å². The van der Waals surface area contributed by atoms with Crippen molar-refractivity contribution in [3.63, 3.8) is 0 Å². The molecule has 0 amide bonds. The normalized spacial score (nSPS) is 10.5. The maximum atomic E-state index is 13.4. The molecule has 0 bridgehead atoms. The highest BCUT2D eigenvalue weighted by atomic mass is 19.1. The first-order chi connectivity index (χ1) is 9.58. The van der Waals surface area contributed by atoms with Gasteiger partial charge in [0, 0.05) is 37.6 Å². The van der Waals surface area contributed by atoms with E-state index in [1.807, 2.05) is 0 Å². The van der Waals surface area contributed by atoms with Crippen LogP contribution in [0.3, 0.4) is 0 Å². The molecule has 2 aromatic rings. The minimum absolute atomic E-state index is 0.159. The lowest BCUT2D eigenvalue weighted by Crippen LogP contribution is -2.09. The lowest BCUT2D eigenvalue weighted by molar-refractivity contribution is -0.386. The number of aryl methyl sites for hydroxylation is 1. The minimum Gasteiger partial charge on any atom is -0.379 e. The third-order valence-electron chi connectivity index (χ3n) is 2.65. The number of hydrogen-bond acceptors (Lipinski definition) is 4. The van der Waals surface area contributed by atoms with Gasteiger partial charge in [-0.05, 0) is 12.5 Å². The van der Waals surface area contributed by atoms with Crippen molar-refractivity contribution in [2.24, 2.45) is 0 Å². The molecule has 6 nitrogen and oxygen atoms in total. The highest BCUT2D eigenvalue weighted by Gasteiger charge is 2.21. The van der Waals surface area contributed by atoms with E-state index in [0.29, 0.717) is 25.6 Å². The second kappa shape index (κ2) is 6.09. The average Bonchev–Trinajstić information content (AvgIpc) is 2.86. The molecule has 1 N–H and O–H groups in total. The van der Waals surface area contributed by atoms with Gasteiger partial charge in [0.1, 0.15) is 11.5 Å². The van der Waals surface area contributed by atoms with Crippen LogP contribution in [0.25, 0.3) is 0 Å². The van der Waals surface area contributed by atoms with Gasteiger partial charge in [-0.25, -0.2) is 4.39 Å². The molecule has 0 aliphatic rings. The van der Waals surface area contributed by atoms with Gasteiger partial charge in [-0.2, -0.15) is 9.49 Å². The Morgan fingerprint density at radius 3 is 2.85 bits per heavy atom. The number of benzene rings is 1. The molecule has 1 aromatic carbocycles. The van der Waals surface area contributed by atoms with Crippen LogP contribution in [0, 0.1) is 21.7 Å². The smallest absolute Gasteiger partial charge is 0.327 e. The summed E-state index contributed by atoms with van der Waals surface area (Å²) in [4.78, 5) is 9.89. The van der Waals surface area contributed by atoms with E-state index in [9.17, 15) is 18.9 Å². The SMILES string of the molecule is O=[N+]([O-])c1c(F)cc(F)cc1NCCCn1cccn1. The van der Waals surface area contributed by atoms with Gasteiger partial charge in [0.2, 0.25) is 5.82 Å². The summed E-state index contributed by atoms with van der Waals surface area (Å²) in [5.74, 6) is -2.05. The third-order valence-corrected chi connectivity index (χ3v) is 2.65. The largest absolute Gasteiger partial charge is 0.379 e. The summed E-state index contributed by atoms with van der Waals surface area (Å²) in [5.41, 5.74) is -0.904. The number of nitro groups is 1. The maximum absolute atomic E-state index is 13.4. The molecule has 1 aromatic heterocycles. The Bertz CT molecular complexity index is 602. The van der Waals surface area contributed by atoms with Crippen LogP contribution in [0.4, 0.5) is 20.2 Å². The number of nitro benzene ring substituents is 1. The fraction of sp³-hybridized carbons (Fsp3) is 0.250. The number of aromatic nitrogens is 2. The van der Waals surface area contributed by atoms with E-state index in [1.54, 1.807) is 23.1 Å². The van der Waals surface area contributed by atoms with Gasteiger partial charge in [-0.15, -0.1) is 0 Å². The standard InChI is InChI=1S/C12H12F2N4O2/c13-9-7-10(14)12(18(19)20)11(8-9)15-3-1-5-17-6-2-4-16-17/h2,4,6-8,15H,1,3,5H2. The van der Waals surface area contributed by atoms with E-state index in [2.05, 4.69) is 10.4 Å². The summed E-state index contributed by atoms with van der Waals surface area (Å²) in [6, 6.07) is 3.18. The maximum Gasteiger partial charge on any atom is 0.327 e. The second-order valence-corrected chi connectivity index (χ2v) is 4.09. The van der Waals surface area contributed by atoms with Crippen molar-refractivity contribution in [3.05, 3.63) is 52.3 Å². The van der Waals surface area contributed by atoms with Crippen molar-refractivity contribution in [1.29, 1.82) is 0 Å². The molecular formula is C12H12F2N4O2. The second-order valence-electron chi connectivity index (χ2n) is 4.09. The summed E-state index contributed by atoms with van der Waals surface area (Å²) in [6.45, 7) is 0.940. The molecule has 0 fully saturated rings. The van der Waals surface area contributed by atoms with Crippen LogP contribution in [0.5, 0.6) is 0 Å². The van der Waals surface area contributed by atoms with Crippen molar-refractivity contribution in [1.82, 2.24) is 9.78 Å². The molecule has 0 aliphatic carbocycles. The molecule has 1 heterocycles. The zero-order valence-electron chi connectivity index (χ0n) is 10.4. The molecule has 0 unspecified atom stereocenters. The van der Waals surface area contributed by atoms with E-state index >= 15 is 0 Å². The molecule has 0 saturated carbocycles. The number of rotatable bonds is 6. The monoisotopic (exact) mass is 282 g/mol. The molecular weight excluding hydrogens is 270 g/mol. The minimum atomic E-state index is -1.19. The Morgan fingerprint density at radius 1 is 1.40 bits per heavy atom. The van der Waals surface area contributed by atoms with Gasteiger partial charge >= 0.3 is 5.69 Å². The average molecular weight is 282 g/mol. The van der Waals surface area contributed by atoms with Crippen LogP contribution in [0.1, 0.15) is 6.42 Å².